The fourth-order valence-electron chi connectivity index (χ4n) is 2.59. The van der Waals surface area contributed by atoms with Crippen molar-refractivity contribution in [3.05, 3.63) is 24.4 Å². The van der Waals surface area contributed by atoms with E-state index in [1.54, 1.807) is 0 Å². The molecule has 0 spiro atoms. The topological polar surface area (TPSA) is 48.5 Å². The van der Waals surface area contributed by atoms with Crippen molar-refractivity contribution in [3.63, 3.8) is 0 Å². The summed E-state index contributed by atoms with van der Waals surface area (Å²) in [4.78, 5) is 20.8. The van der Waals surface area contributed by atoms with Crippen molar-refractivity contribution in [2.45, 2.75) is 26.7 Å². The zero-order valence-corrected chi connectivity index (χ0v) is 13.8. The van der Waals surface area contributed by atoms with Gasteiger partial charge in [-0.15, -0.1) is 0 Å². The summed E-state index contributed by atoms with van der Waals surface area (Å²) >= 11 is 0. The number of hydrogen-bond donors (Lipinski definition) is 1. The lowest BCUT2D eigenvalue weighted by atomic mass is 10.1. The van der Waals surface area contributed by atoms with Gasteiger partial charge < -0.3 is 15.1 Å². The molecule has 1 aliphatic heterocycles. The summed E-state index contributed by atoms with van der Waals surface area (Å²) < 4.78 is 0. The van der Waals surface area contributed by atoms with Crippen molar-refractivity contribution < 1.29 is 4.79 Å². The van der Waals surface area contributed by atoms with Crippen LogP contribution >= 0.6 is 0 Å². The molecule has 5 nitrogen and oxygen atoms in total. The number of rotatable bonds is 7. The summed E-state index contributed by atoms with van der Waals surface area (Å²) in [5.41, 5.74) is 0. The molecule has 2 heterocycles. The Morgan fingerprint density at radius 3 is 2.64 bits per heavy atom. The van der Waals surface area contributed by atoms with Crippen LogP contribution in [0.1, 0.15) is 26.7 Å². The first-order valence-corrected chi connectivity index (χ1v) is 8.31. The number of amides is 1. The van der Waals surface area contributed by atoms with Crippen LogP contribution in [0.2, 0.25) is 0 Å². The average Bonchev–Trinajstić information content (AvgIpc) is 2.55. The summed E-state index contributed by atoms with van der Waals surface area (Å²) in [6, 6.07) is 5.95. The molecule has 1 fully saturated rings. The van der Waals surface area contributed by atoms with E-state index in [9.17, 15) is 4.79 Å². The number of nitrogens with zero attached hydrogens (tertiary/aromatic N) is 3. The van der Waals surface area contributed by atoms with Crippen LogP contribution < -0.4 is 10.2 Å². The molecule has 2 rings (SSSR count). The average molecular weight is 304 g/mol. The fourth-order valence-corrected chi connectivity index (χ4v) is 2.59. The number of hydrogen-bond acceptors (Lipinski definition) is 4. The van der Waals surface area contributed by atoms with Gasteiger partial charge in [0.1, 0.15) is 5.82 Å². The van der Waals surface area contributed by atoms with Crippen LogP contribution in [0.4, 0.5) is 5.82 Å². The third-order valence-electron chi connectivity index (χ3n) is 4.02. The summed E-state index contributed by atoms with van der Waals surface area (Å²) in [6.07, 6.45) is 3.58. The largest absolute Gasteiger partial charge is 0.353 e. The highest BCUT2D eigenvalue weighted by Gasteiger charge is 2.21. The van der Waals surface area contributed by atoms with E-state index in [4.69, 9.17) is 0 Å². The maximum absolute atomic E-state index is 12.2. The number of piperazine rings is 1. The van der Waals surface area contributed by atoms with Gasteiger partial charge in [-0.2, -0.15) is 0 Å². The van der Waals surface area contributed by atoms with Crippen molar-refractivity contribution in [1.29, 1.82) is 0 Å². The summed E-state index contributed by atoms with van der Waals surface area (Å²) in [5, 5.41) is 3.35. The van der Waals surface area contributed by atoms with Crippen molar-refractivity contribution in [1.82, 2.24) is 15.2 Å². The first-order chi connectivity index (χ1) is 10.7. The lowest BCUT2D eigenvalue weighted by molar-refractivity contribution is -0.131. The van der Waals surface area contributed by atoms with Crippen molar-refractivity contribution in [2.75, 3.05) is 44.2 Å². The van der Waals surface area contributed by atoms with Gasteiger partial charge in [-0.3, -0.25) is 4.79 Å². The third kappa shape index (κ3) is 5.30. The number of nitrogens with one attached hydrogen (secondary N) is 1. The van der Waals surface area contributed by atoms with Crippen LogP contribution in [-0.2, 0) is 4.79 Å². The molecule has 1 aliphatic rings. The van der Waals surface area contributed by atoms with Crippen LogP contribution in [0.15, 0.2) is 24.4 Å². The molecule has 0 aliphatic carbocycles. The number of carbonyl (C=O) groups excluding carboxylic acids is 1. The van der Waals surface area contributed by atoms with Gasteiger partial charge in [0.05, 0.1) is 0 Å². The van der Waals surface area contributed by atoms with E-state index < -0.39 is 0 Å². The Balaban J connectivity index is 1.65. The minimum absolute atomic E-state index is 0.262. The van der Waals surface area contributed by atoms with Crippen molar-refractivity contribution in [2.24, 2.45) is 5.92 Å². The number of anilines is 1. The highest BCUT2D eigenvalue weighted by atomic mass is 16.2. The quantitative estimate of drug-likeness (QED) is 0.780. The molecule has 0 aromatic carbocycles. The van der Waals surface area contributed by atoms with E-state index in [0.717, 1.165) is 51.5 Å². The van der Waals surface area contributed by atoms with E-state index in [0.29, 0.717) is 12.3 Å². The van der Waals surface area contributed by atoms with Gasteiger partial charge in [0, 0.05) is 45.3 Å². The van der Waals surface area contributed by atoms with Crippen molar-refractivity contribution >= 4 is 11.7 Å². The van der Waals surface area contributed by atoms with Crippen LogP contribution in [0.3, 0.4) is 0 Å². The number of carbonyl (C=O) groups is 1. The lowest BCUT2D eigenvalue weighted by Gasteiger charge is -2.35. The second kappa shape index (κ2) is 8.73. The summed E-state index contributed by atoms with van der Waals surface area (Å²) in [7, 11) is 0. The molecule has 0 atom stereocenters. The van der Waals surface area contributed by atoms with Crippen LogP contribution in [0.5, 0.6) is 0 Å². The van der Waals surface area contributed by atoms with E-state index in [-0.39, 0.29) is 5.91 Å². The Kier molecular flexibility index (Phi) is 6.65. The maximum Gasteiger partial charge on any atom is 0.223 e. The number of pyridine rings is 1. The van der Waals surface area contributed by atoms with E-state index >= 15 is 0 Å². The molecule has 1 saturated heterocycles. The summed E-state index contributed by atoms with van der Waals surface area (Å²) in [6.45, 7) is 9.53. The smallest absolute Gasteiger partial charge is 0.223 e. The molecule has 0 radical (unpaired) electrons. The van der Waals surface area contributed by atoms with Crippen molar-refractivity contribution in [3.8, 4) is 0 Å². The van der Waals surface area contributed by atoms with Gasteiger partial charge in [-0.1, -0.05) is 19.9 Å². The fraction of sp³-hybridized carbons (Fsp3) is 0.647. The Hall–Kier alpha value is -1.62. The molecule has 0 bridgehead atoms. The van der Waals surface area contributed by atoms with Gasteiger partial charge in [-0.05, 0) is 31.0 Å². The van der Waals surface area contributed by atoms with Gasteiger partial charge in [-0.25, -0.2) is 4.98 Å². The second-order valence-electron chi connectivity index (χ2n) is 6.24. The molecule has 0 saturated carbocycles. The molecule has 5 heteroatoms. The molecule has 1 aromatic rings. The van der Waals surface area contributed by atoms with Crippen LogP contribution in [-0.4, -0.2) is 55.1 Å². The molecular formula is C17H28N4O. The number of aromatic nitrogens is 1. The van der Waals surface area contributed by atoms with Gasteiger partial charge in [0.15, 0.2) is 0 Å². The van der Waals surface area contributed by atoms with E-state index in [2.05, 4.69) is 29.0 Å². The Morgan fingerprint density at radius 2 is 2.00 bits per heavy atom. The normalized spacial score (nSPS) is 15.4. The molecule has 1 amide bonds. The minimum Gasteiger partial charge on any atom is -0.353 e. The maximum atomic E-state index is 12.2. The molecule has 122 valence electrons. The highest BCUT2D eigenvalue weighted by Crippen LogP contribution is 2.12. The standard InChI is InChI=1S/C17H28N4O/c1-15(2)6-9-18-10-7-17(22)21-13-11-20(12-14-21)16-5-3-4-8-19-16/h3-5,8,15,18H,6-7,9-14H2,1-2H3. The molecular weight excluding hydrogens is 276 g/mol. The predicted molar refractivity (Wildman–Crippen MR) is 90.0 cm³/mol. The molecule has 0 unspecified atom stereocenters. The Morgan fingerprint density at radius 1 is 1.23 bits per heavy atom. The van der Waals surface area contributed by atoms with Gasteiger partial charge in [0.2, 0.25) is 5.91 Å². The van der Waals surface area contributed by atoms with Gasteiger partial charge >= 0.3 is 0 Å². The van der Waals surface area contributed by atoms with Crippen LogP contribution in [0.25, 0.3) is 0 Å². The first kappa shape index (κ1) is 16.7. The second-order valence-corrected chi connectivity index (χ2v) is 6.24. The van der Waals surface area contributed by atoms with E-state index in [1.165, 1.54) is 0 Å². The predicted octanol–water partition coefficient (Wildman–Crippen LogP) is 1.76. The highest BCUT2D eigenvalue weighted by molar-refractivity contribution is 5.76. The first-order valence-electron chi connectivity index (χ1n) is 8.31. The molecule has 1 N–H and O–H groups in total. The van der Waals surface area contributed by atoms with Crippen LogP contribution in [0, 0.1) is 5.92 Å². The SMILES string of the molecule is CC(C)CCNCCC(=O)N1CCN(c2ccccn2)CC1. The Bertz CT molecular complexity index is 441. The zero-order chi connectivity index (χ0) is 15.8. The van der Waals surface area contributed by atoms with Gasteiger partial charge in [0.25, 0.3) is 0 Å². The Labute approximate surface area is 133 Å². The lowest BCUT2D eigenvalue weighted by Crippen LogP contribution is -2.49. The third-order valence-corrected chi connectivity index (χ3v) is 4.02. The summed E-state index contributed by atoms with van der Waals surface area (Å²) in [5.74, 6) is 1.98. The monoisotopic (exact) mass is 304 g/mol. The van der Waals surface area contributed by atoms with E-state index in [1.807, 2.05) is 29.3 Å². The molecule has 22 heavy (non-hydrogen) atoms. The zero-order valence-electron chi connectivity index (χ0n) is 13.8. The minimum atomic E-state index is 0.262. The molecule has 1 aromatic heterocycles.